The summed E-state index contributed by atoms with van der Waals surface area (Å²) in [6.45, 7) is 6.31. The average molecular weight is 282 g/mol. The Hall–Kier alpha value is -1.29. The maximum atomic E-state index is 12.5. The van der Waals surface area contributed by atoms with Crippen molar-refractivity contribution in [2.24, 2.45) is 5.92 Å². The maximum absolute atomic E-state index is 12.5. The fraction of sp³-hybridized carbons (Fsp3) is 0.571. The number of carbonyl (C=O) groups is 1. The highest BCUT2D eigenvalue weighted by molar-refractivity contribution is 6.33. The third kappa shape index (κ3) is 3.60. The van der Waals surface area contributed by atoms with Crippen LogP contribution in [0.4, 0.5) is 5.82 Å². The third-order valence-corrected chi connectivity index (χ3v) is 3.59. The van der Waals surface area contributed by atoms with E-state index in [9.17, 15) is 4.79 Å². The second-order valence-corrected chi connectivity index (χ2v) is 5.27. The minimum Gasteiger partial charge on any atom is -0.370 e. The molecule has 1 N–H and O–H groups in total. The first kappa shape index (κ1) is 14.1. The molecule has 104 valence electrons. The van der Waals surface area contributed by atoms with Crippen LogP contribution in [0.25, 0.3) is 0 Å². The number of hydrogen-bond donors (Lipinski definition) is 1. The van der Waals surface area contributed by atoms with E-state index in [4.69, 9.17) is 11.6 Å². The van der Waals surface area contributed by atoms with Crippen molar-refractivity contribution in [3.05, 3.63) is 22.8 Å². The predicted octanol–water partition coefficient (Wildman–Crippen LogP) is 3.04. The van der Waals surface area contributed by atoms with Crippen molar-refractivity contribution < 1.29 is 4.79 Å². The number of amides is 1. The third-order valence-electron chi connectivity index (χ3n) is 3.29. The minimum atomic E-state index is 0.000882. The van der Waals surface area contributed by atoms with Crippen LogP contribution < -0.4 is 5.32 Å². The van der Waals surface area contributed by atoms with Crippen LogP contribution in [-0.4, -0.2) is 35.4 Å². The Kier molecular flexibility index (Phi) is 4.64. The van der Waals surface area contributed by atoms with Gasteiger partial charge in [-0.15, -0.1) is 0 Å². The van der Waals surface area contributed by atoms with E-state index in [2.05, 4.69) is 10.3 Å². The van der Waals surface area contributed by atoms with Crippen molar-refractivity contribution in [1.82, 2.24) is 9.88 Å². The molecule has 1 saturated carbocycles. The summed E-state index contributed by atoms with van der Waals surface area (Å²) in [6.07, 6.45) is 4.00. The molecule has 19 heavy (non-hydrogen) atoms. The summed E-state index contributed by atoms with van der Waals surface area (Å²) < 4.78 is 0. The molecule has 5 heteroatoms. The van der Waals surface area contributed by atoms with Gasteiger partial charge in [-0.1, -0.05) is 11.6 Å². The van der Waals surface area contributed by atoms with Gasteiger partial charge in [0.15, 0.2) is 0 Å². The molecule has 1 aromatic heterocycles. The molecule has 1 heterocycles. The number of anilines is 1. The molecule has 0 bridgehead atoms. The van der Waals surface area contributed by atoms with Crippen LogP contribution in [-0.2, 0) is 0 Å². The highest BCUT2D eigenvalue weighted by atomic mass is 35.5. The summed E-state index contributed by atoms with van der Waals surface area (Å²) in [7, 11) is 0. The molecule has 0 atom stereocenters. The summed E-state index contributed by atoms with van der Waals surface area (Å²) in [4.78, 5) is 18.5. The molecule has 1 fully saturated rings. The topological polar surface area (TPSA) is 45.2 Å². The zero-order chi connectivity index (χ0) is 13.8. The molecule has 1 aromatic rings. The van der Waals surface area contributed by atoms with E-state index >= 15 is 0 Å². The molecule has 4 nitrogen and oxygen atoms in total. The first-order valence-corrected chi connectivity index (χ1v) is 7.22. The molecule has 0 aromatic carbocycles. The molecule has 0 radical (unpaired) electrons. The monoisotopic (exact) mass is 281 g/mol. The van der Waals surface area contributed by atoms with Crippen molar-refractivity contribution in [1.29, 1.82) is 0 Å². The van der Waals surface area contributed by atoms with Crippen molar-refractivity contribution in [3.63, 3.8) is 0 Å². The zero-order valence-corrected chi connectivity index (χ0v) is 12.2. The Morgan fingerprint density at radius 1 is 1.53 bits per heavy atom. The van der Waals surface area contributed by atoms with Crippen LogP contribution in [0.1, 0.15) is 37.0 Å². The molecular formula is C14H20ClN3O. The van der Waals surface area contributed by atoms with Crippen molar-refractivity contribution in [2.75, 3.05) is 25.0 Å². The van der Waals surface area contributed by atoms with Crippen molar-refractivity contribution in [3.8, 4) is 0 Å². The van der Waals surface area contributed by atoms with Gasteiger partial charge in [-0.3, -0.25) is 4.79 Å². The Morgan fingerprint density at radius 3 is 2.84 bits per heavy atom. The van der Waals surface area contributed by atoms with Gasteiger partial charge in [-0.2, -0.15) is 0 Å². The SMILES string of the molecule is CCNc1cc(C(=O)N(CC)CC2CC2)c(Cl)cn1. The summed E-state index contributed by atoms with van der Waals surface area (Å²) >= 11 is 6.11. The molecule has 2 rings (SSSR count). The lowest BCUT2D eigenvalue weighted by atomic mass is 10.2. The highest BCUT2D eigenvalue weighted by Crippen LogP contribution is 2.30. The van der Waals surface area contributed by atoms with Crippen LogP contribution in [0.5, 0.6) is 0 Å². The van der Waals surface area contributed by atoms with Gasteiger partial charge >= 0.3 is 0 Å². The van der Waals surface area contributed by atoms with Gasteiger partial charge in [-0.25, -0.2) is 4.98 Å². The van der Waals surface area contributed by atoms with E-state index in [0.29, 0.717) is 28.9 Å². The number of pyridine rings is 1. The van der Waals surface area contributed by atoms with E-state index in [1.165, 1.54) is 19.0 Å². The standard InChI is InChI=1S/C14H20ClN3O/c1-3-16-13-7-11(12(15)8-17-13)14(19)18(4-2)9-10-5-6-10/h7-8,10H,3-6,9H2,1-2H3,(H,16,17). The number of nitrogens with one attached hydrogen (secondary N) is 1. The second kappa shape index (κ2) is 6.24. The van der Waals surface area contributed by atoms with Crippen molar-refractivity contribution >= 4 is 23.3 Å². The van der Waals surface area contributed by atoms with Gasteiger partial charge in [-0.05, 0) is 38.7 Å². The van der Waals surface area contributed by atoms with Gasteiger partial charge in [0.2, 0.25) is 0 Å². The number of rotatable bonds is 6. The van der Waals surface area contributed by atoms with Gasteiger partial charge < -0.3 is 10.2 Å². The lowest BCUT2D eigenvalue weighted by Gasteiger charge is -2.21. The Morgan fingerprint density at radius 2 is 2.26 bits per heavy atom. The van der Waals surface area contributed by atoms with Crippen molar-refractivity contribution in [2.45, 2.75) is 26.7 Å². The summed E-state index contributed by atoms with van der Waals surface area (Å²) in [5.41, 5.74) is 0.537. The number of carbonyl (C=O) groups excluding carboxylic acids is 1. The fourth-order valence-corrected chi connectivity index (χ4v) is 2.20. The Bertz CT molecular complexity index is 460. The quantitative estimate of drug-likeness (QED) is 0.872. The van der Waals surface area contributed by atoms with E-state index in [-0.39, 0.29) is 5.91 Å². The van der Waals surface area contributed by atoms with Crippen LogP contribution in [0, 0.1) is 5.92 Å². The number of hydrogen-bond acceptors (Lipinski definition) is 3. The molecular weight excluding hydrogens is 262 g/mol. The van der Waals surface area contributed by atoms with Crippen LogP contribution in [0.2, 0.25) is 5.02 Å². The van der Waals surface area contributed by atoms with Crippen LogP contribution >= 0.6 is 11.6 Å². The van der Waals surface area contributed by atoms with E-state index < -0.39 is 0 Å². The largest absolute Gasteiger partial charge is 0.370 e. The molecule has 0 unspecified atom stereocenters. The van der Waals surface area contributed by atoms with E-state index in [0.717, 1.165) is 13.1 Å². The van der Waals surface area contributed by atoms with Gasteiger partial charge in [0.25, 0.3) is 5.91 Å². The minimum absolute atomic E-state index is 0.000882. The molecule has 0 spiro atoms. The second-order valence-electron chi connectivity index (χ2n) is 4.87. The van der Waals surface area contributed by atoms with Gasteiger partial charge in [0.1, 0.15) is 5.82 Å². The Balaban J connectivity index is 2.17. The first-order valence-electron chi connectivity index (χ1n) is 6.84. The zero-order valence-electron chi connectivity index (χ0n) is 11.4. The smallest absolute Gasteiger partial charge is 0.255 e. The number of halogens is 1. The van der Waals surface area contributed by atoms with E-state index in [1.807, 2.05) is 18.7 Å². The lowest BCUT2D eigenvalue weighted by molar-refractivity contribution is 0.0757. The molecule has 0 saturated heterocycles. The van der Waals surface area contributed by atoms with E-state index in [1.54, 1.807) is 6.07 Å². The first-order chi connectivity index (χ1) is 9.15. The molecule has 1 aliphatic rings. The highest BCUT2D eigenvalue weighted by Gasteiger charge is 2.27. The molecule has 0 aliphatic heterocycles. The van der Waals surface area contributed by atoms with Gasteiger partial charge in [0.05, 0.1) is 10.6 Å². The van der Waals surface area contributed by atoms with Gasteiger partial charge in [0, 0.05) is 25.8 Å². The number of aromatic nitrogens is 1. The summed E-state index contributed by atoms with van der Waals surface area (Å²) in [5, 5.41) is 3.52. The van der Waals surface area contributed by atoms with Crippen LogP contribution in [0.15, 0.2) is 12.3 Å². The fourth-order valence-electron chi connectivity index (χ4n) is 2.02. The summed E-state index contributed by atoms with van der Waals surface area (Å²) in [5.74, 6) is 1.37. The Labute approximate surface area is 119 Å². The number of nitrogens with zero attached hydrogens (tertiary/aromatic N) is 2. The van der Waals surface area contributed by atoms with Crippen LogP contribution in [0.3, 0.4) is 0 Å². The summed E-state index contributed by atoms with van der Waals surface area (Å²) in [6, 6.07) is 1.74. The maximum Gasteiger partial charge on any atom is 0.255 e. The predicted molar refractivity (Wildman–Crippen MR) is 77.7 cm³/mol. The average Bonchev–Trinajstić information content (AvgIpc) is 3.22. The molecule has 1 amide bonds. The normalized spacial score (nSPS) is 14.3. The molecule has 1 aliphatic carbocycles. The lowest BCUT2D eigenvalue weighted by Crippen LogP contribution is -2.33.